The van der Waals surface area contributed by atoms with E-state index in [0.717, 1.165) is 16.7 Å². The van der Waals surface area contributed by atoms with E-state index in [1.807, 2.05) is 61.5 Å². The largest absolute Gasteiger partial charge is 0.359 e. The molecule has 140 valence electrons. The van der Waals surface area contributed by atoms with Crippen molar-refractivity contribution >= 4 is 17.7 Å². The van der Waals surface area contributed by atoms with Crippen molar-refractivity contribution in [2.24, 2.45) is 0 Å². The fourth-order valence-corrected chi connectivity index (χ4v) is 3.56. The van der Waals surface area contributed by atoms with Crippen molar-refractivity contribution in [3.63, 3.8) is 0 Å². The van der Waals surface area contributed by atoms with Gasteiger partial charge in [0.05, 0.1) is 12.3 Å². The van der Waals surface area contributed by atoms with E-state index in [1.54, 1.807) is 7.05 Å². The Labute approximate surface area is 159 Å². The molecule has 0 spiro atoms. The molecule has 1 saturated heterocycles. The van der Waals surface area contributed by atoms with Gasteiger partial charge in [0.2, 0.25) is 17.7 Å². The van der Waals surface area contributed by atoms with Crippen molar-refractivity contribution in [3.05, 3.63) is 71.3 Å². The summed E-state index contributed by atoms with van der Waals surface area (Å²) in [6, 6.07) is 17.0. The summed E-state index contributed by atoms with van der Waals surface area (Å²) in [7, 11) is 1.62. The second-order valence-corrected chi connectivity index (χ2v) is 6.99. The quantitative estimate of drug-likeness (QED) is 0.801. The van der Waals surface area contributed by atoms with E-state index < -0.39 is 0 Å². The molecule has 27 heavy (non-hydrogen) atoms. The Hall–Kier alpha value is -2.95. The molecule has 1 heterocycles. The minimum atomic E-state index is -0.379. The monoisotopic (exact) mass is 364 g/mol. The molecular weight excluding hydrogens is 340 g/mol. The first-order valence-corrected chi connectivity index (χ1v) is 9.19. The van der Waals surface area contributed by atoms with Gasteiger partial charge in [0.1, 0.15) is 0 Å². The number of nitrogens with one attached hydrogen (secondary N) is 1. The minimum absolute atomic E-state index is 0.0312. The van der Waals surface area contributed by atoms with E-state index >= 15 is 0 Å². The molecule has 2 unspecified atom stereocenters. The zero-order valence-electron chi connectivity index (χ0n) is 15.6. The number of amides is 3. The summed E-state index contributed by atoms with van der Waals surface area (Å²) in [6.07, 6.45) is 1.17. The standard InChI is InChI=1S/C22H24N2O3/c1-15(12-16-8-10-17(11-9-16)13-20(25)23-2)24-21(26)14-19(22(24)27)18-6-4-3-5-7-18/h3-11,15,19H,12-14H2,1-2H3,(H,23,25). The number of rotatable bonds is 6. The topological polar surface area (TPSA) is 66.5 Å². The number of likely N-dealkylation sites (N-methyl/N-ethyl adjacent to an activating group) is 1. The molecule has 5 nitrogen and oxygen atoms in total. The van der Waals surface area contributed by atoms with E-state index in [1.165, 1.54) is 4.90 Å². The first kappa shape index (κ1) is 18.8. The molecule has 3 amide bonds. The Morgan fingerprint density at radius 3 is 2.33 bits per heavy atom. The molecule has 2 aromatic rings. The number of imide groups is 1. The van der Waals surface area contributed by atoms with E-state index in [9.17, 15) is 14.4 Å². The third-order valence-electron chi connectivity index (χ3n) is 5.02. The zero-order valence-corrected chi connectivity index (χ0v) is 15.6. The van der Waals surface area contributed by atoms with E-state index in [0.29, 0.717) is 12.8 Å². The van der Waals surface area contributed by atoms with Gasteiger partial charge in [0, 0.05) is 19.5 Å². The minimum Gasteiger partial charge on any atom is -0.359 e. The molecule has 3 rings (SSSR count). The number of hydrogen-bond acceptors (Lipinski definition) is 3. The fourth-order valence-electron chi connectivity index (χ4n) is 3.56. The van der Waals surface area contributed by atoms with Crippen LogP contribution in [-0.4, -0.2) is 35.7 Å². The molecular formula is C22H24N2O3. The third kappa shape index (κ3) is 4.25. The first-order valence-electron chi connectivity index (χ1n) is 9.19. The Kier molecular flexibility index (Phi) is 5.69. The molecule has 0 aliphatic carbocycles. The van der Waals surface area contributed by atoms with E-state index in [2.05, 4.69) is 5.32 Å². The van der Waals surface area contributed by atoms with Gasteiger partial charge in [0.25, 0.3) is 0 Å². The van der Waals surface area contributed by atoms with Gasteiger partial charge in [-0.25, -0.2) is 0 Å². The molecule has 1 fully saturated rings. The Morgan fingerprint density at radius 1 is 1.07 bits per heavy atom. The lowest BCUT2D eigenvalue weighted by Gasteiger charge is -2.23. The maximum atomic E-state index is 12.8. The molecule has 5 heteroatoms. The maximum Gasteiger partial charge on any atom is 0.237 e. The molecule has 1 aliphatic rings. The summed E-state index contributed by atoms with van der Waals surface area (Å²) in [4.78, 5) is 38.1. The zero-order chi connectivity index (χ0) is 19.4. The number of carbonyl (C=O) groups excluding carboxylic acids is 3. The van der Waals surface area contributed by atoms with Crippen LogP contribution in [0.1, 0.15) is 36.0 Å². The molecule has 1 aliphatic heterocycles. The third-order valence-corrected chi connectivity index (χ3v) is 5.02. The first-order chi connectivity index (χ1) is 13.0. The summed E-state index contributed by atoms with van der Waals surface area (Å²) in [5.74, 6) is -0.639. The average molecular weight is 364 g/mol. The lowest BCUT2D eigenvalue weighted by Crippen LogP contribution is -2.39. The summed E-state index contributed by atoms with van der Waals surface area (Å²) >= 11 is 0. The lowest BCUT2D eigenvalue weighted by atomic mass is 9.97. The lowest BCUT2D eigenvalue weighted by molar-refractivity contribution is -0.141. The molecule has 2 atom stereocenters. The van der Waals surface area contributed by atoms with Crippen molar-refractivity contribution in [3.8, 4) is 0 Å². The molecule has 2 aromatic carbocycles. The van der Waals surface area contributed by atoms with Crippen molar-refractivity contribution in [2.75, 3.05) is 7.05 Å². The average Bonchev–Trinajstić information content (AvgIpc) is 2.98. The molecule has 1 N–H and O–H groups in total. The Morgan fingerprint density at radius 2 is 1.70 bits per heavy atom. The molecule has 0 aromatic heterocycles. The normalized spacial score (nSPS) is 17.9. The van der Waals surface area contributed by atoms with Crippen LogP contribution in [-0.2, 0) is 27.2 Å². The highest BCUT2D eigenvalue weighted by molar-refractivity contribution is 6.06. The fraction of sp³-hybridized carbons (Fsp3) is 0.318. The van der Waals surface area contributed by atoms with Gasteiger partial charge in [0.15, 0.2) is 0 Å². The summed E-state index contributed by atoms with van der Waals surface area (Å²) < 4.78 is 0. The van der Waals surface area contributed by atoms with Crippen LogP contribution in [0.15, 0.2) is 54.6 Å². The van der Waals surface area contributed by atoms with Crippen molar-refractivity contribution in [1.29, 1.82) is 0 Å². The van der Waals surface area contributed by atoms with Crippen molar-refractivity contribution < 1.29 is 14.4 Å². The predicted molar refractivity (Wildman–Crippen MR) is 103 cm³/mol. The Bertz CT molecular complexity index is 830. The highest BCUT2D eigenvalue weighted by Gasteiger charge is 2.41. The van der Waals surface area contributed by atoms with Gasteiger partial charge in [-0.2, -0.15) is 0 Å². The second kappa shape index (κ2) is 8.16. The summed E-state index contributed by atoms with van der Waals surface area (Å²) in [5, 5.41) is 2.60. The van der Waals surface area contributed by atoms with Crippen LogP contribution in [0.4, 0.5) is 0 Å². The van der Waals surface area contributed by atoms with E-state index in [-0.39, 0.29) is 36.1 Å². The number of hydrogen-bond donors (Lipinski definition) is 1. The van der Waals surface area contributed by atoms with Crippen LogP contribution < -0.4 is 5.32 Å². The van der Waals surface area contributed by atoms with Crippen LogP contribution in [0, 0.1) is 0 Å². The highest BCUT2D eigenvalue weighted by atomic mass is 16.2. The van der Waals surface area contributed by atoms with Crippen LogP contribution in [0.25, 0.3) is 0 Å². The highest BCUT2D eigenvalue weighted by Crippen LogP contribution is 2.31. The molecule has 0 bridgehead atoms. The number of nitrogens with zero attached hydrogens (tertiary/aromatic N) is 1. The van der Waals surface area contributed by atoms with Crippen LogP contribution in [0.3, 0.4) is 0 Å². The van der Waals surface area contributed by atoms with Gasteiger partial charge in [-0.05, 0) is 30.0 Å². The number of carbonyl (C=O) groups is 3. The maximum absolute atomic E-state index is 12.8. The van der Waals surface area contributed by atoms with Gasteiger partial charge >= 0.3 is 0 Å². The van der Waals surface area contributed by atoms with Gasteiger partial charge < -0.3 is 5.32 Å². The smallest absolute Gasteiger partial charge is 0.237 e. The van der Waals surface area contributed by atoms with Crippen molar-refractivity contribution in [1.82, 2.24) is 10.2 Å². The van der Waals surface area contributed by atoms with Crippen LogP contribution in [0.2, 0.25) is 0 Å². The number of benzene rings is 2. The Balaban J connectivity index is 1.67. The van der Waals surface area contributed by atoms with Gasteiger partial charge in [-0.1, -0.05) is 54.6 Å². The van der Waals surface area contributed by atoms with Crippen LogP contribution in [0.5, 0.6) is 0 Å². The SMILES string of the molecule is CNC(=O)Cc1ccc(CC(C)N2C(=O)CC(c3ccccc3)C2=O)cc1. The summed E-state index contributed by atoms with van der Waals surface area (Å²) in [6.45, 7) is 1.90. The molecule has 0 saturated carbocycles. The van der Waals surface area contributed by atoms with E-state index in [4.69, 9.17) is 0 Å². The summed E-state index contributed by atoms with van der Waals surface area (Å²) in [5.41, 5.74) is 2.86. The number of likely N-dealkylation sites (tertiary alicyclic amines) is 1. The van der Waals surface area contributed by atoms with Gasteiger partial charge in [-0.15, -0.1) is 0 Å². The second-order valence-electron chi connectivity index (χ2n) is 6.99. The van der Waals surface area contributed by atoms with Crippen LogP contribution >= 0.6 is 0 Å². The van der Waals surface area contributed by atoms with Crippen molar-refractivity contribution in [2.45, 2.75) is 38.1 Å². The predicted octanol–water partition coefficient (Wildman–Crippen LogP) is 2.45. The molecule has 0 radical (unpaired) electrons. The van der Waals surface area contributed by atoms with Gasteiger partial charge in [-0.3, -0.25) is 19.3 Å².